The summed E-state index contributed by atoms with van der Waals surface area (Å²) in [6, 6.07) is 0. The lowest BCUT2D eigenvalue weighted by Gasteiger charge is -2.19. The Labute approximate surface area is 103 Å². The molecule has 1 amide bonds. The van der Waals surface area contributed by atoms with Gasteiger partial charge in [-0.15, -0.1) is 0 Å². The summed E-state index contributed by atoms with van der Waals surface area (Å²) < 4.78 is 10.8. The lowest BCUT2D eigenvalue weighted by atomic mass is 10.3. The molecule has 0 aromatic carbocycles. The van der Waals surface area contributed by atoms with Crippen molar-refractivity contribution in [3.05, 3.63) is 0 Å². The number of hydrogen-bond donors (Lipinski definition) is 1. The van der Waals surface area contributed by atoms with Crippen LogP contribution < -0.4 is 0 Å². The third-order valence-corrected chi connectivity index (χ3v) is 2.77. The van der Waals surface area contributed by atoms with Crippen LogP contribution >= 0.6 is 0 Å². The number of rotatable bonds is 8. The second kappa shape index (κ2) is 7.63. The summed E-state index contributed by atoms with van der Waals surface area (Å²) in [7, 11) is 0. The first kappa shape index (κ1) is 14.4. The van der Waals surface area contributed by atoms with E-state index in [1.807, 2.05) is 13.8 Å². The van der Waals surface area contributed by atoms with E-state index in [4.69, 9.17) is 9.47 Å². The van der Waals surface area contributed by atoms with Gasteiger partial charge in [-0.25, -0.2) is 0 Å². The Kier molecular flexibility index (Phi) is 6.47. The Balaban J connectivity index is 2.19. The van der Waals surface area contributed by atoms with Gasteiger partial charge in [0.25, 0.3) is 0 Å². The van der Waals surface area contributed by atoms with Gasteiger partial charge in [0.1, 0.15) is 0 Å². The van der Waals surface area contributed by atoms with Gasteiger partial charge in [-0.3, -0.25) is 4.79 Å². The molecule has 5 nitrogen and oxygen atoms in total. The van der Waals surface area contributed by atoms with Crippen molar-refractivity contribution in [3.63, 3.8) is 0 Å². The fourth-order valence-corrected chi connectivity index (χ4v) is 2.00. The smallest absolute Gasteiger partial charge is 0.225 e. The minimum absolute atomic E-state index is 0.0434. The zero-order valence-corrected chi connectivity index (χ0v) is 10.7. The van der Waals surface area contributed by atoms with Gasteiger partial charge in [-0.2, -0.15) is 0 Å². The molecule has 0 radical (unpaired) electrons. The first-order valence-electron chi connectivity index (χ1n) is 6.36. The maximum absolute atomic E-state index is 11.4. The van der Waals surface area contributed by atoms with Crippen molar-refractivity contribution in [2.75, 3.05) is 26.3 Å². The molecule has 1 N–H and O–H groups in total. The second-order valence-electron chi connectivity index (χ2n) is 4.18. The van der Waals surface area contributed by atoms with E-state index < -0.39 is 6.10 Å². The summed E-state index contributed by atoms with van der Waals surface area (Å²) in [5.41, 5.74) is 0. The van der Waals surface area contributed by atoms with Crippen LogP contribution in [0.3, 0.4) is 0 Å². The van der Waals surface area contributed by atoms with E-state index in [2.05, 4.69) is 0 Å². The maximum Gasteiger partial charge on any atom is 0.225 e. The van der Waals surface area contributed by atoms with Crippen molar-refractivity contribution in [3.8, 4) is 0 Å². The van der Waals surface area contributed by atoms with E-state index in [9.17, 15) is 9.90 Å². The molecule has 0 aromatic heterocycles. The van der Waals surface area contributed by atoms with E-state index in [1.165, 1.54) is 0 Å². The predicted octanol–water partition coefficient (Wildman–Crippen LogP) is 0.759. The van der Waals surface area contributed by atoms with Crippen LogP contribution in [0, 0.1) is 0 Å². The number of β-amino-alcohol motifs (C(OH)–C–C–N with tert-alkyl or cyclic N) is 1. The number of aliphatic hydroxyl groups is 1. The van der Waals surface area contributed by atoms with Gasteiger partial charge in [0.05, 0.1) is 12.5 Å². The molecule has 1 unspecified atom stereocenters. The van der Waals surface area contributed by atoms with Gasteiger partial charge in [0, 0.05) is 32.7 Å². The monoisotopic (exact) mass is 245 g/mol. The van der Waals surface area contributed by atoms with Crippen LogP contribution in [-0.4, -0.2) is 54.6 Å². The quantitative estimate of drug-likeness (QED) is 0.641. The first-order chi connectivity index (χ1) is 8.17. The van der Waals surface area contributed by atoms with E-state index in [0.29, 0.717) is 26.3 Å². The molecule has 100 valence electrons. The number of hydrogen-bond acceptors (Lipinski definition) is 4. The highest BCUT2D eigenvalue weighted by Crippen LogP contribution is 2.13. The van der Waals surface area contributed by atoms with E-state index in [-0.39, 0.29) is 18.6 Å². The fourth-order valence-electron chi connectivity index (χ4n) is 2.00. The van der Waals surface area contributed by atoms with E-state index in [1.54, 1.807) is 4.90 Å². The van der Waals surface area contributed by atoms with Crippen LogP contribution in [0.1, 0.15) is 33.1 Å². The van der Waals surface area contributed by atoms with Crippen molar-refractivity contribution in [2.45, 2.75) is 45.5 Å². The summed E-state index contributed by atoms with van der Waals surface area (Å²) >= 11 is 0. The highest BCUT2D eigenvalue weighted by atomic mass is 16.7. The topological polar surface area (TPSA) is 59.0 Å². The van der Waals surface area contributed by atoms with Crippen LogP contribution in [0.2, 0.25) is 0 Å². The summed E-state index contributed by atoms with van der Waals surface area (Å²) in [6.45, 7) is 6.27. The van der Waals surface area contributed by atoms with Gasteiger partial charge in [0.15, 0.2) is 6.29 Å². The number of amides is 1. The average Bonchev–Trinajstić information content (AvgIpc) is 2.58. The summed E-state index contributed by atoms with van der Waals surface area (Å²) in [6.07, 6.45) is 1.22. The van der Waals surface area contributed by atoms with Gasteiger partial charge < -0.3 is 19.5 Å². The molecule has 1 heterocycles. The van der Waals surface area contributed by atoms with E-state index >= 15 is 0 Å². The minimum atomic E-state index is -0.489. The highest BCUT2D eigenvalue weighted by Gasteiger charge is 2.27. The second-order valence-corrected chi connectivity index (χ2v) is 4.18. The molecule has 0 aliphatic carbocycles. The average molecular weight is 245 g/mol. The molecule has 1 atom stereocenters. The summed E-state index contributed by atoms with van der Waals surface area (Å²) in [5, 5.41) is 9.34. The minimum Gasteiger partial charge on any atom is -0.391 e. The Bertz CT molecular complexity index is 229. The molecule has 1 fully saturated rings. The molecular formula is C12H23NO4. The maximum atomic E-state index is 11.4. The third kappa shape index (κ3) is 5.02. The van der Waals surface area contributed by atoms with Gasteiger partial charge in [-0.05, 0) is 20.3 Å². The number of aliphatic hydroxyl groups excluding tert-OH is 1. The SMILES string of the molecule is CCOC(CCCN1CC(O)CC1=O)OCC. The zero-order chi connectivity index (χ0) is 12.7. The Morgan fingerprint density at radius 1 is 1.41 bits per heavy atom. The standard InChI is InChI=1S/C12H23NO4/c1-3-16-12(17-4-2)6-5-7-13-9-10(14)8-11(13)15/h10,12,14H,3-9H2,1-2H3. The lowest BCUT2D eigenvalue weighted by molar-refractivity contribution is -0.141. The normalized spacial score (nSPS) is 20.6. The Hall–Kier alpha value is -0.650. The zero-order valence-electron chi connectivity index (χ0n) is 10.7. The molecule has 17 heavy (non-hydrogen) atoms. The van der Waals surface area contributed by atoms with Crippen LogP contribution in [0.15, 0.2) is 0 Å². The van der Waals surface area contributed by atoms with Gasteiger partial charge >= 0.3 is 0 Å². The predicted molar refractivity (Wildman–Crippen MR) is 63.5 cm³/mol. The first-order valence-corrected chi connectivity index (χ1v) is 6.36. The molecule has 0 aromatic rings. The molecule has 1 rings (SSSR count). The third-order valence-electron chi connectivity index (χ3n) is 2.77. The van der Waals surface area contributed by atoms with Crippen molar-refractivity contribution in [1.82, 2.24) is 4.90 Å². The number of ether oxygens (including phenoxy) is 2. The lowest BCUT2D eigenvalue weighted by Crippen LogP contribution is -2.28. The molecular weight excluding hydrogens is 222 g/mol. The number of likely N-dealkylation sites (tertiary alicyclic amines) is 1. The number of carbonyl (C=O) groups is 1. The summed E-state index contributed by atoms with van der Waals surface area (Å²) in [4.78, 5) is 13.1. The number of nitrogens with zero attached hydrogens (tertiary/aromatic N) is 1. The van der Waals surface area contributed by atoms with Crippen molar-refractivity contribution in [1.29, 1.82) is 0 Å². The van der Waals surface area contributed by atoms with Gasteiger partial charge in [-0.1, -0.05) is 0 Å². The van der Waals surface area contributed by atoms with Gasteiger partial charge in [0.2, 0.25) is 5.91 Å². The largest absolute Gasteiger partial charge is 0.391 e. The van der Waals surface area contributed by atoms with Crippen LogP contribution in [0.5, 0.6) is 0 Å². The van der Waals surface area contributed by atoms with Crippen molar-refractivity contribution < 1.29 is 19.4 Å². The molecule has 0 bridgehead atoms. The molecule has 1 aliphatic heterocycles. The molecule has 0 spiro atoms. The molecule has 1 saturated heterocycles. The van der Waals surface area contributed by atoms with Crippen molar-refractivity contribution >= 4 is 5.91 Å². The Morgan fingerprint density at radius 3 is 2.53 bits per heavy atom. The molecule has 1 aliphatic rings. The highest BCUT2D eigenvalue weighted by molar-refractivity contribution is 5.78. The summed E-state index contributed by atoms with van der Waals surface area (Å²) in [5.74, 6) is 0.0434. The molecule has 0 saturated carbocycles. The number of carbonyl (C=O) groups excluding carboxylic acids is 1. The Morgan fingerprint density at radius 2 is 2.06 bits per heavy atom. The van der Waals surface area contributed by atoms with Crippen molar-refractivity contribution in [2.24, 2.45) is 0 Å². The van der Waals surface area contributed by atoms with Crippen LogP contribution in [-0.2, 0) is 14.3 Å². The van der Waals surface area contributed by atoms with Crippen LogP contribution in [0.25, 0.3) is 0 Å². The molecule has 5 heteroatoms. The van der Waals surface area contributed by atoms with E-state index in [0.717, 1.165) is 12.8 Å². The fraction of sp³-hybridized carbons (Fsp3) is 0.917. The van der Waals surface area contributed by atoms with Crippen LogP contribution in [0.4, 0.5) is 0 Å².